The molecular formula is C27H27N5O2. The number of urea groups is 1. The van der Waals surface area contributed by atoms with Gasteiger partial charge in [-0.2, -0.15) is 5.10 Å². The molecule has 4 aromatic rings. The number of anilines is 3. The monoisotopic (exact) mass is 453 g/mol. The van der Waals surface area contributed by atoms with Crippen LogP contribution in [-0.4, -0.2) is 21.7 Å². The highest BCUT2D eigenvalue weighted by atomic mass is 16.2. The molecule has 3 amide bonds. The van der Waals surface area contributed by atoms with Crippen LogP contribution in [-0.2, 0) is 6.54 Å². The van der Waals surface area contributed by atoms with Crippen molar-refractivity contribution in [3.63, 3.8) is 0 Å². The highest BCUT2D eigenvalue weighted by Gasteiger charge is 2.19. The molecule has 0 unspecified atom stereocenters. The van der Waals surface area contributed by atoms with Gasteiger partial charge in [0.05, 0.1) is 17.8 Å². The summed E-state index contributed by atoms with van der Waals surface area (Å²) in [6, 6.07) is 24.1. The zero-order valence-electron chi connectivity index (χ0n) is 19.4. The summed E-state index contributed by atoms with van der Waals surface area (Å²) in [5, 5.41) is 13.1. The number of amides is 3. The number of carbonyl (C=O) groups is 2. The molecule has 3 aromatic carbocycles. The van der Waals surface area contributed by atoms with Gasteiger partial charge < -0.3 is 16.0 Å². The van der Waals surface area contributed by atoms with E-state index in [4.69, 9.17) is 0 Å². The molecule has 172 valence electrons. The first-order valence-electron chi connectivity index (χ1n) is 11.0. The first kappa shape index (κ1) is 22.8. The van der Waals surface area contributed by atoms with Crippen molar-refractivity contribution in [2.24, 2.45) is 0 Å². The van der Waals surface area contributed by atoms with Crippen molar-refractivity contribution < 1.29 is 9.59 Å². The Bertz CT molecular complexity index is 1310. The highest BCUT2D eigenvalue weighted by molar-refractivity contribution is 6.06. The van der Waals surface area contributed by atoms with E-state index in [1.54, 1.807) is 36.4 Å². The van der Waals surface area contributed by atoms with Gasteiger partial charge in [-0.3, -0.25) is 9.48 Å². The Hall–Kier alpha value is -4.39. The SMILES string of the molecule is Cc1ccc(Cn2nc(C)c(C(=O)Nc3cccc(NC(=O)Nc4ccccc4)c3)c2C)cc1. The van der Waals surface area contributed by atoms with Gasteiger partial charge in [0, 0.05) is 22.8 Å². The average Bonchev–Trinajstić information content (AvgIpc) is 3.09. The van der Waals surface area contributed by atoms with Crippen molar-refractivity contribution >= 4 is 29.0 Å². The number of nitrogens with one attached hydrogen (secondary N) is 3. The van der Waals surface area contributed by atoms with E-state index in [1.807, 2.05) is 36.7 Å². The second-order valence-electron chi connectivity index (χ2n) is 8.17. The van der Waals surface area contributed by atoms with Crippen molar-refractivity contribution in [3.05, 3.63) is 107 Å². The number of hydrogen-bond donors (Lipinski definition) is 3. The van der Waals surface area contributed by atoms with Crippen LogP contribution < -0.4 is 16.0 Å². The minimum absolute atomic E-state index is 0.240. The fraction of sp³-hybridized carbons (Fsp3) is 0.148. The van der Waals surface area contributed by atoms with E-state index >= 15 is 0 Å². The number of carbonyl (C=O) groups excluding carboxylic acids is 2. The van der Waals surface area contributed by atoms with E-state index in [2.05, 4.69) is 52.2 Å². The topological polar surface area (TPSA) is 88.1 Å². The highest BCUT2D eigenvalue weighted by Crippen LogP contribution is 2.20. The maximum atomic E-state index is 13.1. The quantitative estimate of drug-likeness (QED) is 0.347. The molecule has 0 aliphatic rings. The fourth-order valence-corrected chi connectivity index (χ4v) is 3.73. The Morgan fingerprint density at radius 3 is 2.09 bits per heavy atom. The largest absolute Gasteiger partial charge is 0.323 e. The van der Waals surface area contributed by atoms with E-state index in [9.17, 15) is 9.59 Å². The number of benzene rings is 3. The van der Waals surface area contributed by atoms with Gasteiger partial charge in [-0.25, -0.2) is 4.79 Å². The molecule has 4 rings (SSSR count). The fourth-order valence-electron chi connectivity index (χ4n) is 3.73. The third-order valence-electron chi connectivity index (χ3n) is 5.47. The normalized spacial score (nSPS) is 10.6. The molecule has 0 fully saturated rings. The van der Waals surface area contributed by atoms with Crippen molar-refractivity contribution in [3.8, 4) is 0 Å². The Morgan fingerprint density at radius 1 is 0.765 bits per heavy atom. The molecule has 0 aliphatic carbocycles. The van der Waals surface area contributed by atoms with Gasteiger partial charge in [0.1, 0.15) is 0 Å². The van der Waals surface area contributed by atoms with Crippen LogP contribution in [0, 0.1) is 20.8 Å². The maximum Gasteiger partial charge on any atom is 0.323 e. The second kappa shape index (κ2) is 10.0. The van der Waals surface area contributed by atoms with E-state index in [0.29, 0.717) is 34.9 Å². The zero-order chi connectivity index (χ0) is 24.1. The van der Waals surface area contributed by atoms with Gasteiger partial charge in [0.2, 0.25) is 0 Å². The zero-order valence-corrected chi connectivity index (χ0v) is 19.4. The van der Waals surface area contributed by atoms with E-state index in [-0.39, 0.29) is 11.9 Å². The minimum Gasteiger partial charge on any atom is -0.322 e. The Morgan fingerprint density at radius 2 is 1.38 bits per heavy atom. The van der Waals surface area contributed by atoms with Crippen LogP contribution in [0.3, 0.4) is 0 Å². The van der Waals surface area contributed by atoms with Crippen LogP contribution in [0.5, 0.6) is 0 Å². The molecule has 7 heteroatoms. The van der Waals surface area contributed by atoms with Gasteiger partial charge in [-0.1, -0.05) is 54.1 Å². The first-order chi connectivity index (χ1) is 16.4. The molecule has 34 heavy (non-hydrogen) atoms. The van der Waals surface area contributed by atoms with Crippen LogP contribution in [0.2, 0.25) is 0 Å². The van der Waals surface area contributed by atoms with Crippen molar-refractivity contribution in [1.82, 2.24) is 9.78 Å². The Kier molecular flexibility index (Phi) is 6.73. The lowest BCUT2D eigenvalue weighted by Crippen LogP contribution is -2.19. The minimum atomic E-state index is -0.362. The van der Waals surface area contributed by atoms with Crippen molar-refractivity contribution in [1.29, 1.82) is 0 Å². The summed E-state index contributed by atoms with van der Waals surface area (Å²) in [6.07, 6.45) is 0. The number of aromatic nitrogens is 2. The number of aryl methyl sites for hydroxylation is 2. The number of rotatable bonds is 6. The third-order valence-corrected chi connectivity index (χ3v) is 5.47. The van der Waals surface area contributed by atoms with Gasteiger partial charge in [0.25, 0.3) is 5.91 Å². The third kappa shape index (κ3) is 5.50. The van der Waals surface area contributed by atoms with Crippen molar-refractivity contribution in [2.45, 2.75) is 27.3 Å². The molecule has 1 aromatic heterocycles. The molecule has 3 N–H and O–H groups in total. The van der Waals surface area contributed by atoms with Gasteiger partial charge in [-0.15, -0.1) is 0 Å². The summed E-state index contributed by atoms with van der Waals surface area (Å²) in [5.41, 5.74) is 6.17. The summed E-state index contributed by atoms with van der Waals surface area (Å²) in [5.74, 6) is -0.240. The van der Waals surface area contributed by atoms with E-state index in [0.717, 1.165) is 11.3 Å². The molecule has 7 nitrogen and oxygen atoms in total. The molecule has 0 atom stereocenters. The number of para-hydroxylation sites is 1. The van der Waals surface area contributed by atoms with Crippen molar-refractivity contribution in [2.75, 3.05) is 16.0 Å². The van der Waals surface area contributed by atoms with Gasteiger partial charge in [-0.05, 0) is 56.7 Å². The lowest BCUT2D eigenvalue weighted by molar-refractivity contribution is 0.102. The predicted octanol–water partition coefficient (Wildman–Crippen LogP) is 5.75. The predicted molar refractivity (Wildman–Crippen MR) is 135 cm³/mol. The van der Waals surface area contributed by atoms with E-state index < -0.39 is 0 Å². The molecule has 0 saturated heterocycles. The molecule has 0 aliphatic heterocycles. The lowest BCUT2D eigenvalue weighted by Gasteiger charge is -2.10. The maximum absolute atomic E-state index is 13.1. The molecular weight excluding hydrogens is 426 g/mol. The van der Waals surface area contributed by atoms with E-state index in [1.165, 1.54) is 5.56 Å². The molecule has 0 spiro atoms. The van der Waals surface area contributed by atoms with Gasteiger partial charge >= 0.3 is 6.03 Å². The molecule has 0 radical (unpaired) electrons. The Balaban J connectivity index is 1.44. The lowest BCUT2D eigenvalue weighted by atomic mass is 10.1. The molecule has 0 bridgehead atoms. The Labute approximate surface area is 198 Å². The van der Waals surface area contributed by atoms with Crippen LogP contribution in [0.4, 0.5) is 21.9 Å². The summed E-state index contributed by atoms with van der Waals surface area (Å²) in [4.78, 5) is 25.4. The summed E-state index contributed by atoms with van der Waals surface area (Å²) >= 11 is 0. The standard InChI is InChI=1S/C27H27N5O2/c1-18-12-14-21(15-13-18)17-32-20(3)25(19(2)31-32)26(33)28-23-10-7-11-24(16-23)30-27(34)29-22-8-5-4-6-9-22/h4-16H,17H2,1-3H3,(H,28,33)(H2,29,30,34). The smallest absolute Gasteiger partial charge is 0.322 e. The first-order valence-corrected chi connectivity index (χ1v) is 11.0. The van der Waals surface area contributed by atoms with Crippen LogP contribution in [0.1, 0.15) is 32.9 Å². The summed E-state index contributed by atoms with van der Waals surface area (Å²) in [7, 11) is 0. The van der Waals surface area contributed by atoms with Gasteiger partial charge in [0.15, 0.2) is 0 Å². The summed E-state index contributed by atoms with van der Waals surface area (Å²) < 4.78 is 1.85. The van der Waals surface area contributed by atoms with Crippen LogP contribution in [0.25, 0.3) is 0 Å². The molecule has 0 saturated carbocycles. The number of nitrogens with zero attached hydrogens (tertiary/aromatic N) is 2. The van der Waals surface area contributed by atoms with Crippen LogP contribution in [0.15, 0.2) is 78.9 Å². The average molecular weight is 454 g/mol. The molecule has 1 heterocycles. The number of hydrogen-bond acceptors (Lipinski definition) is 3. The summed E-state index contributed by atoms with van der Waals surface area (Å²) in [6.45, 7) is 6.38. The second-order valence-corrected chi connectivity index (χ2v) is 8.17. The van der Waals surface area contributed by atoms with Crippen LogP contribution >= 0.6 is 0 Å².